The van der Waals surface area contributed by atoms with E-state index < -0.39 is 6.10 Å². The molecule has 1 aliphatic rings. The highest BCUT2D eigenvalue weighted by Gasteiger charge is 2.17. The second-order valence-electron chi connectivity index (χ2n) is 4.87. The summed E-state index contributed by atoms with van der Waals surface area (Å²) in [6.45, 7) is 0.565. The zero-order valence-electron chi connectivity index (χ0n) is 10.7. The molecule has 1 fully saturated rings. The third-order valence-electron chi connectivity index (χ3n) is 3.30. The van der Waals surface area contributed by atoms with Crippen molar-refractivity contribution in [3.63, 3.8) is 0 Å². The van der Waals surface area contributed by atoms with Crippen molar-refractivity contribution in [2.75, 3.05) is 18.5 Å². The van der Waals surface area contributed by atoms with Crippen molar-refractivity contribution in [3.8, 4) is 0 Å². The molecule has 0 radical (unpaired) electrons. The largest absolute Gasteiger partial charge is 0.389 e. The molecule has 0 spiro atoms. The lowest BCUT2D eigenvalue weighted by atomic mass is 10.3. The maximum atomic E-state index is 13.5. The van der Waals surface area contributed by atoms with Crippen molar-refractivity contribution < 1.29 is 14.2 Å². The van der Waals surface area contributed by atoms with Crippen LogP contribution in [0.2, 0.25) is 0 Å². The van der Waals surface area contributed by atoms with Crippen LogP contribution in [-0.2, 0) is 4.74 Å². The van der Waals surface area contributed by atoms with E-state index in [4.69, 9.17) is 4.74 Å². The van der Waals surface area contributed by atoms with Gasteiger partial charge in [-0.25, -0.2) is 4.39 Å². The minimum atomic E-state index is -0.632. The molecule has 1 aromatic rings. The van der Waals surface area contributed by atoms with E-state index in [9.17, 15) is 9.50 Å². The predicted octanol–water partition coefficient (Wildman–Crippen LogP) is 3.32. The number of aliphatic hydroxyl groups excluding tert-OH is 1. The van der Waals surface area contributed by atoms with Crippen molar-refractivity contribution >= 4 is 21.6 Å². The smallest absolute Gasteiger partial charge is 0.147 e. The van der Waals surface area contributed by atoms with Gasteiger partial charge in [0.2, 0.25) is 0 Å². The first kappa shape index (κ1) is 14.8. The van der Waals surface area contributed by atoms with Gasteiger partial charge in [0.25, 0.3) is 0 Å². The lowest BCUT2D eigenvalue weighted by molar-refractivity contribution is -0.00119. The topological polar surface area (TPSA) is 41.5 Å². The lowest BCUT2D eigenvalue weighted by Gasteiger charge is -2.17. The Balaban J connectivity index is 1.75. The number of anilines is 1. The average Bonchev–Trinajstić information content (AvgIpc) is 2.89. The Hall–Kier alpha value is -0.650. The van der Waals surface area contributed by atoms with Gasteiger partial charge >= 0.3 is 0 Å². The summed E-state index contributed by atoms with van der Waals surface area (Å²) in [6, 6.07) is 4.77. The predicted molar refractivity (Wildman–Crippen MR) is 76.8 cm³/mol. The Morgan fingerprint density at radius 1 is 1.42 bits per heavy atom. The summed E-state index contributed by atoms with van der Waals surface area (Å²) in [4.78, 5) is 0. The highest BCUT2D eigenvalue weighted by atomic mass is 79.9. The zero-order valence-corrected chi connectivity index (χ0v) is 12.3. The average molecular weight is 332 g/mol. The van der Waals surface area contributed by atoms with Crippen LogP contribution in [0, 0.1) is 5.82 Å². The van der Waals surface area contributed by atoms with Gasteiger partial charge in [0.05, 0.1) is 24.5 Å². The van der Waals surface area contributed by atoms with Gasteiger partial charge in [0.15, 0.2) is 0 Å². The number of aliphatic hydroxyl groups is 1. The summed E-state index contributed by atoms with van der Waals surface area (Å²) < 4.78 is 19.8. The van der Waals surface area contributed by atoms with Crippen molar-refractivity contribution in [1.82, 2.24) is 0 Å². The molecule has 1 saturated carbocycles. The van der Waals surface area contributed by atoms with Gasteiger partial charge in [-0.15, -0.1) is 0 Å². The van der Waals surface area contributed by atoms with Gasteiger partial charge in [-0.2, -0.15) is 0 Å². The maximum Gasteiger partial charge on any atom is 0.147 e. The molecule has 0 heterocycles. The minimum absolute atomic E-state index is 0.270. The zero-order chi connectivity index (χ0) is 13.7. The lowest BCUT2D eigenvalue weighted by Crippen LogP contribution is -2.27. The normalized spacial score (nSPS) is 17.6. The van der Waals surface area contributed by atoms with Crippen LogP contribution in [0.1, 0.15) is 25.7 Å². The molecule has 5 heteroatoms. The molecule has 0 aliphatic heterocycles. The molecule has 0 saturated heterocycles. The molecule has 1 aromatic carbocycles. The number of hydrogen-bond donors (Lipinski definition) is 2. The van der Waals surface area contributed by atoms with Crippen LogP contribution >= 0.6 is 15.9 Å². The first-order valence-electron chi connectivity index (χ1n) is 6.64. The van der Waals surface area contributed by atoms with Crippen LogP contribution in [0.4, 0.5) is 10.1 Å². The van der Waals surface area contributed by atoms with Gasteiger partial charge in [-0.1, -0.05) is 18.9 Å². The SMILES string of the molecule is OC(CNc1c(F)cccc1Br)COC1CCCC1. The quantitative estimate of drug-likeness (QED) is 0.840. The second kappa shape index (κ2) is 7.22. The molecule has 0 bridgehead atoms. The van der Waals surface area contributed by atoms with E-state index in [2.05, 4.69) is 21.2 Å². The van der Waals surface area contributed by atoms with E-state index in [1.165, 1.54) is 18.9 Å². The number of benzene rings is 1. The van der Waals surface area contributed by atoms with Crippen LogP contribution in [0.3, 0.4) is 0 Å². The van der Waals surface area contributed by atoms with Crippen molar-refractivity contribution in [1.29, 1.82) is 0 Å². The van der Waals surface area contributed by atoms with Crippen LogP contribution in [0.25, 0.3) is 0 Å². The highest BCUT2D eigenvalue weighted by molar-refractivity contribution is 9.10. The van der Waals surface area contributed by atoms with E-state index >= 15 is 0 Å². The van der Waals surface area contributed by atoms with Gasteiger partial charge in [-0.05, 0) is 40.9 Å². The molecule has 2 N–H and O–H groups in total. The Bertz CT molecular complexity index is 390. The summed E-state index contributed by atoms with van der Waals surface area (Å²) in [5.74, 6) is -0.335. The Morgan fingerprint density at radius 3 is 2.84 bits per heavy atom. The summed E-state index contributed by atoms with van der Waals surface area (Å²) >= 11 is 3.27. The van der Waals surface area contributed by atoms with E-state index in [0.29, 0.717) is 16.8 Å². The van der Waals surface area contributed by atoms with Crippen molar-refractivity contribution in [3.05, 3.63) is 28.5 Å². The number of para-hydroxylation sites is 1. The number of nitrogens with one attached hydrogen (secondary N) is 1. The van der Waals surface area contributed by atoms with Crippen LogP contribution in [-0.4, -0.2) is 30.5 Å². The number of rotatable bonds is 6. The summed E-state index contributed by atoms with van der Waals surface area (Å²) in [7, 11) is 0. The van der Waals surface area contributed by atoms with E-state index in [0.717, 1.165) is 12.8 Å². The molecule has 1 atom stereocenters. The summed E-state index contributed by atoms with van der Waals surface area (Å²) in [5.41, 5.74) is 0.377. The fourth-order valence-corrected chi connectivity index (χ4v) is 2.73. The Morgan fingerprint density at radius 2 is 2.16 bits per heavy atom. The fourth-order valence-electron chi connectivity index (χ4n) is 2.25. The third-order valence-corrected chi connectivity index (χ3v) is 3.96. The summed E-state index contributed by atoms with van der Waals surface area (Å²) in [6.07, 6.45) is 4.24. The highest BCUT2D eigenvalue weighted by Crippen LogP contribution is 2.25. The monoisotopic (exact) mass is 331 g/mol. The first-order chi connectivity index (χ1) is 9.16. The third kappa shape index (κ3) is 4.44. The second-order valence-corrected chi connectivity index (χ2v) is 5.73. The number of hydrogen-bond acceptors (Lipinski definition) is 3. The van der Waals surface area contributed by atoms with Crippen LogP contribution in [0.15, 0.2) is 22.7 Å². The Labute approximate surface area is 121 Å². The van der Waals surface area contributed by atoms with Crippen molar-refractivity contribution in [2.24, 2.45) is 0 Å². The number of halogens is 2. The van der Waals surface area contributed by atoms with E-state index in [-0.39, 0.29) is 18.5 Å². The van der Waals surface area contributed by atoms with Crippen LogP contribution < -0.4 is 5.32 Å². The van der Waals surface area contributed by atoms with Gasteiger partial charge in [0, 0.05) is 11.0 Å². The molecule has 106 valence electrons. The molecular weight excluding hydrogens is 313 g/mol. The molecule has 1 unspecified atom stereocenters. The van der Waals surface area contributed by atoms with E-state index in [1.54, 1.807) is 12.1 Å². The summed E-state index contributed by atoms with van der Waals surface area (Å²) in [5, 5.41) is 12.7. The molecule has 2 rings (SSSR count). The van der Waals surface area contributed by atoms with Crippen molar-refractivity contribution in [2.45, 2.75) is 37.9 Å². The van der Waals surface area contributed by atoms with Gasteiger partial charge < -0.3 is 15.2 Å². The Kier molecular flexibility index (Phi) is 5.60. The van der Waals surface area contributed by atoms with E-state index in [1.807, 2.05) is 0 Å². The number of ether oxygens (including phenoxy) is 1. The molecule has 1 aliphatic carbocycles. The molecule has 0 amide bonds. The molecule has 0 aromatic heterocycles. The van der Waals surface area contributed by atoms with Crippen LogP contribution in [0.5, 0.6) is 0 Å². The standard InChI is InChI=1S/C14H19BrFNO2/c15-12-6-3-7-13(16)14(12)17-8-10(18)9-19-11-4-1-2-5-11/h3,6-7,10-11,17-18H,1-2,4-5,8-9H2. The molecule has 19 heavy (non-hydrogen) atoms. The molecule has 3 nitrogen and oxygen atoms in total. The maximum absolute atomic E-state index is 13.5. The molecular formula is C14H19BrFNO2. The first-order valence-corrected chi connectivity index (χ1v) is 7.43. The van der Waals surface area contributed by atoms with Gasteiger partial charge in [-0.3, -0.25) is 0 Å². The fraction of sp³-hybridized carbons (Fsp3) is 0.571. The minimum Gasteiger partial charge on any atom is -0.389 e. The van der Waals surface area contributed by atoms with Gasteiger partial charge in [0.1, 0.15) is 5.82 Å².